The topological polar surface area (TPSA) is 56.2 Å². The number of nitrogens with one attached hydrogen (secondary N) is 1. The molecule has 1 amide bonds. The van der Waals surface area contributed by atoms with Gasteiger partial charge in [-0.05, 0) is 30.2 Å². The lowest BCUT2D eigenvalue weighted by Gasteiger charge is -2.13. The summed E-state index contributed by atoms with van der Waals surface area (Å²) in [5, 5.41) is 6.89. The molecule has 5 nitrogen and oxygen atoms in total. The van der Waals surface area contributed by atoms with Crippen molar-refractivity contribution in [2.75, 3.05) is 0 Å². The smallest absolute Gasteiger partial charge is 0.405 e. The molecule has 1 aromatic heterocycles. The summed E-state index contributed by atoms with van der Waals surface area (Å²) in [6.07, 6.45) is -0.580. The van der Waals surface area contributed by atoms with Gasteiger partial charge < -0.3 is 10.1 Å². The molecule has 28 heavy (non-hydrogen) atoms. The van der Waals surface area contributed by atoms with Crippen LogP contribution < -0.4 is 10.1 Å². The zero-order chi connectivity index (χ0) is 20.0. The van der Waals surface area contributed by atoms with Crippen molar-refractivity contribution in [1.29, 1.82) is 0 Å². The third kappa shape index (κ3) is 5.60. The van der Waals surface area contributed by atoms with Crippen molar-refractivity contribution in [3.63, 3.8) is 0 Å². The number of amides is 1. The molecule has 3 rings (SSSR count). The van der Waals surface area contributed by atoms with Gasteiger partial charge >= 0.3 is 6.36 Å². The van der Waals surface area contributed by atoms with Crippen LogP contribution in [0.4, 0.5) is 13.2 Å². The van der Waals surface area contributed by atoms with Gasteiger partial charge in [0, 0.05) is 24.7 Å². The third-order valence-electron chi connectivity index (χ3n) is 3.97. The average Bonchev–Trinajstić information content (AvgIpc) is 3.14. The fourth-order valence-electron chi connectivity index (χ4n) is 2.63. The van der Waals surface area contributed by atoms with Gasteiger partial charge in [0.25, 0.3) is 0 Å². The molecule has 8 heteroatoms. The summed E-state index contributed by atoms with van der Waals surface area (Å²) in [6, 6.07) is 15.3. The molecule has 2 aromatic carbocycles. The number of rotatable bonds is 7. The summed E-state index contributed by atoms with van der Waals surface area (Å²) in [7, 11) is 0. The van der Waals surface area contributed by atoms with Gasteiger partial charge in [-0.1, -0.05) is 36.4 Å². The van der Waals surface area contributed by atoms with Crippen LogP contribution in [0.25, 0.3) is 5.69 Å². The summed E-state index contributed by atoms with van der Waals surface area (Å²) in [5.74, 6) is -0.589. The Balaban J connectivity index is 1.51. The van der Waals surface area contributed by atoms with Crippen LogP contribution in [0.3, 0.4) is 0 Å². The van der Waals surface area contributed by atoms with Crippen LogP contribution in [0.5, 0.6) is 5.75 Å². The highest BCUT2D eigenvalue weighted by Crippen LogP contribution is 2.26. The zero-order valence-electron chi connectivity index (χ0n) is 14.8. The summed E-state index contributed by atoms with van der Waals surface area (Å²) < 4.78 is 43.0. The largest absolute Gasteiger partial charge is 0.573 e. The summed E-state index contributed by atoms with van der Waals surface area (Å²) in [4.78, 5) is 12.1. The number of carbonyl (C=O) groups is 1. The molecule has 3 aromatic rings. The molecule has 1 heterocycles. The van der Waals surface area contributed by atoms with Crippen LogP contribution >= 0.6 is 0 Å². The van der Waals surface area contributed by atoms with E-state index in [4.69, 9.17) is 0 Å². The van der Waals surface area contributed by atoms with Gasteiger partial charge in [0.15, 0.2) is 0 Å². The Morgan fingerprint density at radius 1 is 1.07 bits per heavy atom. The molecule has 0 spiro atoms. The number of aryl methyl sites for hydroxylation is 1. The molecule has 0 aliphatic carbocycles. The van der Waals surface area contributed by atoms with E-state index in [2.05, 4.69) is 15.2 Å². The first-order valence-electron chi connectivity index (χ1n) is 8.60. The Kier molecular flexibility index (Phi) is 5.98. The van der Waals surface area contributed by atoms with Gasteiger partial charge in [0.05, 0.1) is 11.9 Å². The summed E-state index contributed by atoms with van der Waals surface area (Å²) >= 11 is 0. The second-order valence-corrected chi connectivity index (χ2v) is 6.06. The quantitative estimate of drug-likeness (QED) is 0.664. The molecular formula is C20H18F3N3O2. The average molecular weight is 389 g/mol. The highest BCUT2D eigenvalue weighted by Gasteiger charge is 2.31. The minimum Gasteiger partial charge on any atom is -0.405 e. The van der Waals surface area contributed by atoms with Crippen molar-refractivity contribution < 1.29 is 22.7 Å². The first-order chi connectivity index (χ1) is 13.4. The molecule has 0 aliphatic heterocycles. The standard InChI is InChI=1S/C20H18F3N3O2/c21-20(22,23)28-18-9-5-4-6-16(18)13-24-19(27)11-10-15-12-25-26(14-15)17-7-2-1-3-8-17/h1-9,12,14H,10-11,13H2,(H,24,27). The number of para-hydroxylation sites is 2. The van der Waals surface area contributed by atoms with Crippen molar-refractivity contribution in [3.05, 3.63) is 78.1 Å². The van der Waals surface area contributed by atoms with E-state index < -0.39 is 6.36 Å². The number of ether oxygens (including phenoxy) is 1. The van der Waals surface area contributed by atoms with E-state index in [1.54, 1.807) is 16.9 Å². The Hall–Kier alpha value is -3.29. The van der Waals surface area contributed by atoms with Gasteiger partial charge in [-0.15, -0.1) is 13.2 Å². The molecule has 0 unspecified atom stereocenters. The number of benzene rings is 2. The van der Waals surface area contributed by atoms with Gasteiger partial charge in [0.1, 0.15) is 5.75 Å². The normalized spacial score (nSPS) is 11.2. The minimum atomic E-state index is -4.78. The Labute approximate surface area is 159 Å². The number of hydrogen-bond donors (Lipinski definition) is 1. The second-order valence-electron chi connectivity index (χ2n) is 6.06. The molecule has 0 aliphatic rings. The minimum absolute atomic E-state index is 0.0473. The molecule has 1 N–H and O–H groups in total. The Morgan fingerprint density at radius 3 is 2.54 bits per heavy atom. The third-order valence-corrected chi connectivity index (χ3v) is 3.97. The molecule has 0 fully saturated rings. The first kappa shape index (κ1) is 19.5. The van der Waals surface area contributed by atoms with E-state index in [9.17, 15) is 18.0 Å². The number of halogens is 3. The number of alkyl halides is 3. The number of nitrogens with zero attached hydrogens (tertiary/aromatic N) is 2. The van der Waals surface area contributed by atoms with Crippen LogP contribution in [0.1, 0.15) is 17.5 Å². The monoisotopic (exact) mass is 389 g/mol. The van der Waals surface area contributed by atoms with Crippen LogP contribution in [-0.2, 0) is 17.8 Å². The van der Waals surface area contributed by atoms with Crippen LogP contribution in [0.15, 0.2) is 67.0 Å². The lowest BCUT2D eigenvalue weighted by atomic mass is 10.1. The molecule has 0 bridgehead atoms. The van der Waals surface area contributed by atoms with E-state index in [-0.39, 0.29) is 30.2 Å². The van der Waals surface area contributed by atoms with Crippen molar-refractivity contribution >= 4 is 5.91 Å². The van der Waals surface area contributed by atoms with Gasteiger partial charge in [0.2, 0.25) is 5.91 Å². The second kappa shape index (κ2) is 8.60. The molecule has 0 atom stereocenters. The Morgan fingerprint density at radius 2 is 1.79 bits per heavy atom. The predicted octanol–water partition coefficient (Wildman–Crippen LogP) is 4.02. The van der Waals surface area contributed by atoms with E-state index in [1.807, 2.05) is 36.5 Å². The van der Waals surface area contributed by atoms with Crippen molar-refractivity contribution in [2.45, 2.75) is 25.7 Å². The summed E-state index contributed by atoms with van der Waals surface area (Å²) in [5.41, 5.74) is 2.06. The predicted molar refractivity (Wildman–Crippen MR) is 96.9 cm³/mol. The fourth-order valence-corrected chi connectivity index (χ4v) is 2.63. The molecule has 0 saturated heterocycles. The van der Waals surface area contributed by atoms with Crippen LogP contribution in [0, 0.1) is 0 Å². The summed E-state index contributed by atoms with van der Waals surface area (Å²) in [6.45, 7) is -0.0473. The number of aromatic nitrogens is 2. The van der Waals surface area contributed by atoms with Crippen LogP contribution in [0.2, 0.25) is 0 Å². The maximum absolute atomic E-state index is 12.4. The molecular weight excluding hydrogens is 371 g/mol. The first-order valence-corrected chi connectivity index (χ1v) is 8.60. The van der Waals surface area contributed by atoms with Gasteiger partial charge in [-0.3, -0.25) is 4.79 Å². The number of carbonyl (C=O) groups excluding carboxylic acids is 1. The molecule has 146 valence electrons. The lowest BCUT2D eigenvalue weighted by molar-refractivity contribution is -0.274. The van der Waals surface area contributed by atoms with Crippen molar-refractivity contribution in [2.24, 2.45) is 0 Å². The Bertz CT molecular complexity index is 924. The number of hydrogen-bond acceptors (Lipinski definition) is 3. The SMILES string of the molecule is O=C(CCc1cnn(-c2ccccc2)c1)NCc1ccccc1OC(F)(F)F. The van der Waals surface area contributed by atoms with E-state index in [0.717, 1.165) is 11.3 Å². The van der Waals surface area contributed by atoms with E-state index >= 15 is 0 Å². The van der Waals surface area contributed by atoms with Gasteiger partial charge in [-0.25, -0.2) is 4.68 Å². The van der Waals surface area contributed by atoms with Crippen LogP contribution in [-0.4, -0.2) is 22.1 Å². The maximum atomic E-state index is 12.4. The van der Waals surface area contributed by atoms with E-state index in [0.29, 0.717) is 6.42 Å². The molecule has 0 saturated carbocycles. The maximum Gasteiger partial charge on any atom is 0.573 e. The molecule has 0 radical (unpaired) electrons. The zero-order valence-corrected chi connectivity index (χ0v) is 14.8. The van der Waals surface area contributed by atoms with Crippen molar-refractivity contribution in [3.8, 4) is 11.4 Å². The van der Waals surface area contributed by atoms with E-state index in [1.165, 1.54) is 18.2 Å². The van der Waals surface area contributed by atoms with Gasteiger partial charge in [-0.2, -0.15) is 5.10 Å². The highest BCUT2D eigenvalue weighted by atomic mass is 19.4. The fraction of sp³-hybridized carbons (Fsp3) is 0.200. The highest BCUT2D eigenvalue weighted by molar-refractivity contribution is 5.76. The van der Waals surface area contributed by atoms with Crippen molar-refractivity contribution in [1.82, 2.24) is 15.1 Å². The lowest BCUT2D eigenvalue weighted by Crippen LogP contribution is -2.24.